The predicted octanol–water partition coefficient (Wildman–Crippen LogP) is 3.06. The molecule has 27 heavy (non-hydrogen) atoms. The molecule has 5 rings (SSSR count). The van der Waals surface area contributed by atoms with Gasteiger partial charge in [0.15, 0.2) is 5.69 Å². The number of nitrogens with two attached hydrogens (primary N) is 1. The fraction of sp³-hybridized carbons (Fsp3) is 0.474. The number of carbonyl (C=O) groups is 1. The van der Waals surface area contributed by atoms with E-state index < -0.39 is 5.91 Å². The summed E-state index contributed by atoms with van der Waals surface area (Å²) in [5.41, 5.74) is 8.61. The van der Waals surface area contributed by atoms with Crippen molar-refractivity contribution < 1.29 is 13.9 Å². The zero-order valence-corrected chi connectivity index (χ0v) is 16.9. The molecule has 3 heterocycles. The topological polar surface area (TPSA) is 73.4 Å². The summed E-state index contributed by atoms with van der Waals surface area (Å²) in [6, 6.07) is 3.62. The van der Waals surface area contributed by atoms with E-state index in [4.69, 9.17) is 10.5 Å². The number of nitrogens with zero attached hydrogens (tertiary/aromatic N) is 3. The number of likely N-dealkylation sites (N-methyl/N-ethyl adjacent to an activating group) is 1. The molecule has 2 N–H and O–H groups in total. The van der Waals surface area contributed by atoms with E-state index >= 15 is 0 Å². The van der Waals surface area contributed by atoms with Crippen molar-refractivity contribution in [2.24, 2.45) is 5.73 Å². The molecule has 8 heteroatoms. The fourth-order valence-electron chi connectivity index (χ4n) is 4.13. The molecule has 0 radical (unpaired) electrons. The summed E-state index contributed by atoms with van der Waals surface area (Å²) in [4.78, 5) is 18.8. The largest absolute Gasteiger partial charge is 0.383 e. The number of amides is 1. The van der Waals surface area contributed by atoms with Crippen LogP contribution in [0.4, 0.5) is 4.39 Å². The Balaban J connectivity index is 1.85. The molecule has 2 aliphatic heterocycles. The smallest absolute Gasteiger partial charge is 0.269 e. The first-order chi connectivity index (χ1) is 12.9. The Bertz CT molecular complexity index is 908. The normalized spacial score (nSPS) is 20.0. The van der Waals surface area contributed by atoms with Gasteiger partial charge in [-0.3, -0.25) is 9.69 Å². The molecular formula is C19H22BrFN4O2. The van der Waals surface area contributed by atoms with Crippen molar-refractivity contribution in [3.05, 3.63) is 39.4 Å². The van der Waals surface area contributed by atoms with Crippen LogP contribution >= 0.6 is 15.9 Å². The Morgan fingerprint density at radius 3 is 2.89 bits per heavy atom. The van der Waals surface area contributed by atoms with E-state index in [1.165, 1.54) is 0 Å². The van der Waals surface area contributed by atoms with E-state index in [9.17, 15) is 9.18 Å². The average molecular weight is 437 g/mol. The van der Waals surface area contributed by atoms with Crippen molar-refractivity contribution in [1.29, 1.82) is 0 Å². The zero-order chi connectivity index (χ0) is 19.3. The van der Waals surface area contributed by atoms with Gasteiger partial charge >= 0.3 is 0 Å². The third kappa shape index (κ3) is 3.09. The lowest BCUT2D eigenvalue weighted by Gasteiger charge is -2.36. The number of hydrogen-bond donors (Lipinski definition) is 1. The molecule has 0 saturated heterocycles. The minimum absolute atomic E-state index is 0.255. The van der Waals surface area contributed by atoms with Gasteiger partial charge in [-0.25, -0.2) is 9.37 Å². The number of hydrogen-bond acceptors (Lipinski definition) is 4. The highest BCUT2D eigenvalue weighted by atomic mass is 79.9. The Hall–Kier alpha value is -1.77. The van der Waals surface area contributed by atoms with Crippen LogP contribution in [0.15, 0.2) is 16.6 Å². The summed E-state index contributed by atoms with van der Waals surface area (Å²) in [5.74, 6) is 0.223. The molecule has 6 nitrogen and oxygen atoms in total. The molecule has 3 aliphatic rings. The molecule has 1 aromatic heterocycles. The maximum Gasteiger partial charge on any atom is 0.269 e. The number of ether oxygens (including phenoxy) is 1. The maximum absolute atomic E-state index is 14.1. The van der Waals surface area contributed by atoms with Gasteiger partial charge in [-0.05, 0) is 59.4 Å². The summed E-state index contributed by atoms with van der Waals surface area (Å²) < 4.78 is 21.8. The van der Waals surface area contributed by atoms with Crippen LogP contribution in [0, 0.1) is 5.82 Å². The summed E-state index contributed by atoms with van der Waals surface area (Å²) in [7, 11) is 3.64. The van der Waals surface area contributed by atoms with Gasteiger partial charge in [-0.15, -0.1) is 0 Å². The second-order valence-electron chi connectivity index (χ2n) is 7.37. The summed E-state index contributed by atoms with van der Waals surface area (Å²) in [5, 5.41) is 0. The van der Waals surface area contributed by atoms with Gasteiger partial charge in [0.1, 0.15) is 11.6 Å². The highest BCUT2D eigenvalue weighted by molar-refractivity contribution is 9.10. The zero-order valence-electron chi connectivity index (χ0n) is 15.3. The highest BCUT2D eigenvalue weighted by Gasteiger charge is 2.41. The Morgan fingerprint density at radius 1 is 1.48 bits per heavy atom. The standard InChI is InChI=1S/C19H22BrFN4O2/c1-24(3-4-27-2)9-16-17(18(22)26)23-19-13-7-14(20)15(21)8-12(13)10-5-11(6-10)25(16)19/h7-8,10-11H,3-6,9H2,1-2H3,(H2,22,26). The Kier molecular flexibility index (Phi) is 4.82. The minimum Gasteiger partial charge on any atom is -0.383 e. The molecule has 0 unspecified atom stereocenters. The van der Waals surface area contributed by atoms with Crippen LogP contribution in [0.1, 0.15) is 46.5 Å². The Morgan fingerprint density at radius 2 is 2.22 bits per heavy atom. The number of aromatic nitrogens is 2. The number of rotatable bonds is 6. The van der Waals surface area contributed by atoms with Crippen LogP contribution in [0.25, 0.3) is 11.4 Å². The maximum atomic E-state index is 14.1. The van der Waals surface area contributed by atoms with Gasteiger partial charge < -0.3 is 15.0 Å². The lowest BCUT2D eigenvalue weighted by molar-refractivity contribution is 0.0993. The van der Waals surface area contributed by atoms with Gasteiger partial charge in [-0.1, -0.05) is 0 Å². The second kappa shape index (κ2) is 7.00. The molecular weight excluding hydrogens is 415 g/mol. The average Bonchev–Trinajstić information content (AvgIpc) is 2.82. The molecule has 1 aliphatic carbocycles. The monoisotopic (exact) mass is 436 g/mol. The van der Waals surface area contributed by atoms with Crippen molar-refractivity contribution in [3.8, 4) is 11.4 Å². The number of methoxy groups -OCH3 is 1. The van der Waals surface area contributed by atoms with Crippen molar-refractivity contribution in [3.63, 3.8) is 0 Å². The lowest BCUT2D eigenvalue weighted by Crippen LogP contribution is -2.29. The van der Waals surface area contributed by atoms with Crippen molar-refractivity contribution in [1.82, 2.24) is 14.5 Å². The van der Waals surface area contributed by atoms with E-state index in [1.807, 2.05) is 7.05 Å². The van der Waals surface area contributed by atoms with Gasteiger partial charge in [0.2, 0.25) is 0 Å². The fourth-order valence-corrected chi connectivity index (χ4v) is 4.47. The molecule has 1 saturated carbocycles. The molecule has 2 bridgehead atoms. The van der Waals surface area contributed by atoms with E-state index in [0.717, 1.165) is 36.2 Å². The van der Waals surface area contributed by atoms with Crippen LogP contribution in [0.5, 0.6) is 0 Å². The molecule has 1 fully saturated rings. The van der Waals surface area contributed by atoms with Gasteiger partial charge in [0.05, 0.1) is 16.8 Å². The number of halogens is 2. The lowest BCUT2D eigenvalue weighted by atomic mass is 9.75. The van der Waals surface area contributed by atoms with Crippen LogP contribution < -0.4 is 5.73 Å². The number of primary amides is 1. The minimum atomic E-state index is -0.538. The summed E-state index contributed by atoms with van der Waals surface area (Å²) in [6.07, 6.45) is 1.84. The van der Waals surface area contributed by atoms with E-state index in [-0.39, 0.29) is 11.9 Å². The van der Waals surface area contributed by atoms with Crippen LogP contribution in [-0.2, 0) is 11.3 Å². The number of benzene rings is 1. The first-order valence-corrected chi connectivity index (χ1v) is 9.77. The Labute approximate surface area is 165 Å². The molecule has 1 aromatic carbocycles. The molecule has 144 valence electrons. The molecule has 2 aromatic rings. The third-order valence-electron chi connectivity index (χ3n) is 5.59. The van der Waals surface area contributed by atoms with Crippen LogP contribution in [-0.4, -0.2) is 47.7 Å². The molecule has 1 amide bonds. The van der Waals surface area contributed by atoms with Gasteiger partial charge in [-0.2, -0.15) is 0 Å². The second-order valence-corrected chi connectivity index (χ2v) is 8.23. The molecule has 0 atom stereocenters. The van der Waals surface area contributed by atoms with Crippen LogP contribution in [0.2, 0.25) is 0 Å². The molecule has 0 spiro atoms. The third-order valence-corrected chi connectivity index (χ3v) is 6.20. The summed E-state index contributed by atoms with van der Waals surface area (Å²) >= 11 is 3.28. The predicted molar refractivity (Wildman–Crippen MR) is 103 cm³/mol. The van der Waals surface area contributed by atoms with E-state index in [1.54, 1.807) is 19.2 Å². The van der Waals surface area contributed by atoms with Gasteiger partial charge in [0.25, 0.3) is 5.91 Å². The number of imidazole rings is 1. The van der Waals surface area contributed by atoms with Crippen molar-refractivity contribution in [2.75, 3.05) is 27.3 Å². The van der Waals surface area contributed by atoms with E-state index in [0.29, 0.717) is 35.1 Å². The van der Waals surface area contributed by atoms with E-state index in [2.05, 4.69) is 30.4 Å². The van der Waals surface area contributed by atoms with Crippen molar-refractivity contribution in [2.45, 2.75) is 31.3 Å². The SMILES string of the molecule is COCCN(C)Cc1c(C(N)=O)nc2n1C1CC(C1)c1cc(F)c(Br)cc1-2. The van der Waals surface area contributed by atoms with Gasteiger partial charge in [0, 0.05) is 31.8 Å². The number of carbonyl (C=O) groups excluding carboxylic acids is 1. The van der Waals surface area contributed by atoms with Crippen LogP contribution in [0.3, 0.4) is 0 Å². The quantitative estimate of drug-likeness (QED) is 0.754. The first kappa shape index (κ1) is 18.6. The highest BCUT2D eigenvalue weighted by Crippen LogP contribution is 2.53. The van der Waals surface area contributed by atoms with Crippen molar-refractivity contribution >= 4 is 21.8 Å². The first-order valence-electron chi connectivity index (χ1n) is 8.98. The summed E-state index contributed by atoms with van der Waals surface area (Å²) in [6.45, 7) is 1.88.